The molecule has 0 saturated heterocycles. The molecule has 0 fully saturated rings. The van der Waals surface area contributed by atoms with E-state index in [0.29, 0.717) is 12.0 Å². The molecule has 2 aliphatic carbocycles. The molecule has 0 saturated carbocycles. The number of carbonyl (C=O) groups is 1. The monoisotopic (exact) mass is 310 g/mol. The van der Waals surface area contributed by atoms with E-state index in [2.05, 4.69) is 0 Å². The van der Waals surface area contributed by atoms with E-state index in [1.807, 2.05) is 33.8 Å². The van der Waals surface area contributed by atoms with Crippen molar-refractivity contribution in [3.05, 3.63) is 23.2 Å². The smallest absolute Gasteiger partial charge is 0.244 e. The molecule has 1 N–H and O–H groups in total. The zero-order valence-electron chi connectivity index (χ0n) is 14.0. The molecule has 0 aromatic rings. The van der Waals surface area contributed by atoms with Gasteiger partial charge in [-0.25, -0.2) is 0 Å². The average molecular weight is 310 g/mol. The van der Waals surface area contributed by atoms with Gasteiger partial charge in [-0.2, -0.15) is 0 Å². The summed E-state index contributed by atoms with van der Waals surface area (Å²) in [6.45, 7) is 7.39. The lowest BCUT2D eigenvalue weighted by Gasteiger charge is -2.42. The minimum absolute atomic E-state index is 0.0732. The Balaban J connectivity index is 2.37. The van der Waals surface area contributed by atoms with Crippen molar-refractivity contribution >= 4 is 5.78 Å². The van der Waals surface area contributed by atoms with Crippen LogP contribution >= 0.6 is 0 Å². The highest BCUT2D eigenvalue weighted by atomic mass is 16.6. The summed E-state index contributed by atoms with van der Waals surface area (Å²) in [5.74, 6) is -0.0318. The molecule has 2 rings (SSSR count). The molecule has 0 bridgehead atoms. The van der Waals surface area contributed by atoms with Crippen LogP contribution in [0, 0.1) is 0 Å². The third kappa shape index (κ3) is 2.92. The highest BCUT2D eigenvalue weighted by Crippen LogP contribution is 2.45. The van der Waals surface area contributed by atoms with E-state index >= 15 is 0 Å². The lowest BCUT2D eigenvalue weighted by Crippen LogP contribution is -2.55. The second kappa shape index (κ2) is 6.42. The number of hydrogen-bond donors (Lipinski definition) is 1. The third-order valence-electron chi connectivity index (χ3n) is 3.87. The number of aliphatic hydroxyl groups is 1. The van der Waals surface area contributed by atoms with Crippen LogP contribution in [0.25, 0.3) is 0 Å². The van der Waals surface area contributed by atoms with E-state index in [0.717, 1.165) is 12.8 Å². The topological polar surface area (TPSA) is 65.0 Å². The van der Waals surface area contributed by atoms with Gasteiger partial charge in [-0.3, -0.25) is 4.79 Å². The summed E-state index contributed by atoms with van der Waals surface area (Å²) in [5.41, 5.74) is -1.03. The quantitative estimate of drug-likeness (QED) is 0.764. The van der Waals surface area contributed by atoms with Crippen LogP contribution in [0.4, 0.5) is 0 Å². The van der Waals surface area contributed by atoms with Crippen LogP contribution < -0.4 is 0 Å². The summed E-state index contributed by atoms with van der Waals surface area (Å²) in [6.07, 6.45) is 3.89. The van der Waals surface area contributed by atoms with Crippen LogP contribution in [-0.4, -0.2) is 41.9 Å². The minimum Gasteiger partial charge on any atom is -0.487 e. The maximum atomic E-state index is 12.5. The van der Waals surface area contributed by atoms with E-state index in [1.54, 1.807) is 7.11 Å². The number of ether oxygens (including phenoxy) is 3. The van der Waals surface area contributed by atoms with Crippen molar-refractivity contribution in [1.82, 2.24) is 0 Å². The van der Waals surface area contributed by atoms with E-state index in [9.17, 15) is 9.90 Å². The first kappa shape index (κ1) is 17.0. The Morgan fingerprint density at radius 1 is 1.23 bits per heavy atom. The molecule has 0 amide bonds. The Hall–Kier alpha value is -1.33. The molecule has 0 aromatic heterocycles. The summed E-state index contributed by atoms with van der Waals surface area (Å²) in [4.78, 5) is 12.5. The van der Waals surface area contributed by atoms with Crippen molar-refractivity contribution in [3.63, 3.8) is 0 Å². The molecular weight excluding hydrogens is 284 g/mol. The van der Waals surface area contributed by atoms with Crippen molar-refractivity contribution in [2.24, 2.45) is 0 Å². The molecule has 2 atom stereocenters. The Labute approximate surface area is 131 Å². The first-order chi connectivity index (χ1) is 10.3. The molecule has 0 aromatic carbocycles. The average Bonchev–Trinajstić information content (AvgIpc) is 2.49. The van der Waals surface area contributed by atoms with Crippen LogP contribution in [0.15, 0.2) is 23.2 Å². The number of carbonyl (C=O) groups excluding carboxylic acids is 1. The van der Waals surface area contributed by atoms with Gasteiger partial charge in [-0.15, -0.1) is 0 Å². The second-order valence-corrected chi connectivity index (χ2v) is 6.39. The molecule has 0 spiro atoms. The summed E-state index contributed by atoms with van der Waals surface area (Å²) < 4.78 is 16.6. The summed E-state index contributed by atoms with van der Waals surface area (Å²) in [5, 5.41) is 11.0. The van der Waals surface area contributed by atoms with Gasteiger partial charge >= 0.3 is 0 Å². The minimum atomic E-state index is -1.69. The van der Waals surface area contributed by atoms with E-state index < -0.39 is 11.4 Å². The van der Waals surface area contributed by atoms with Crippen LogP contribution in [-0.2, 0) is 19.0 Å². The number of ketones is 1. The third-order valence-corrected chi connectivity index (χ3v) is 3.87. The second-order valence-electron chi connectivity index (χ2n) is 6.39. The first-order valence-electron chi connectivity index (χ1n) is 7.89. The summed E-state index contributed by atoms with van der Waals surface area (Å²) in [6, 6.07) is 0. The fraction of sp³-hybridized carbons (Fsp3) is 0.706. The predicted molar refractivity (Wildman–Crippen MR) is 82.2 cm³/mol. The SMILES string of the molecule is CO[C@@H]1C=C([C@]2(O)C(=O)C(OC(C)C)=C2OC(C)C)CCC1. The van der Waals surface area contributed by atoms with E-state index in [1.165, 1.54) is 0 Å². The molecular formula is C17H26O5. The fourth-order valence-corrected chi connectivity index (χ4v) is 2.85. The zero-order chi connectivity index (χ0) is 16.5. The Morgan fingerprint density at radius 3 is 2.41 bits per heavy atom. The number of methoxy groups -OCH3 is 1. The Morgan fingerprint density at radius 2 is 1.86 bits per heavy atom. The molecule has 0 aliphatic heterocycles. The number of Topliss-reactive ketones (excluding diaryl/α,β-unsaturated/α-hetero) is 1. The lowest BCUT2D eigenvalue weighted by molar-refractivity contribution is -0.145. The first-order valence-corrected chi connectivity index (χ1v) is 7.89. The predicted octanol–water partition coefficient (Wildman–Crippen LogP) is 2.49. The van der Waals surface area contributed by atoms with Crippen molar-refractivity contribution < 1.29 is 24.1 Å². The molecule has 0 radical (unpaired) electrons. The molecule has 5 nitrogen and oxygen atoms in total. The molecule has 2 aliphatic rings. The van der Waals surface area contributed by atoms with Gasteiger partial charge in [-0.1, -0.05) is 6.08 Å². The van der Waals surface area contributed by atoms with Crippen LogP contribution in [0.5, 0.6) is 0 Å². The molecule has 0 heterocycles. The van der Waals surface area contributed by atoms with Gasteiger partial charge in [0.2, 0.25) is 17.1 Å². The van der Waals surface area contributed by atoms with Crippen molar-refractivity contribution in [2.75, 3.05) is 7.11 Å². The van der Waals surface area contributed by atoms with Crippen LogP contribution in [0.1, 0.15) is 47.0 Å². The van der Waals surface area contributed by atoms with Crippen molar-refractivity contribution in [1.29, 1.82) is 0 Å². The maximum Gasteiger partial charge on any atom is 0.244 e. The molecule has 5 heteroatoms. The normalized spacial score (nSPS) is 28.8. The highest BCUT2D eigenvalue weighted by Gasteiger charge is 2.59. The van der Waals surface area contributed by atoms with Gasteiger partial charge in [0, 0.05) is 7.11 Å². The lowest BCUT2D eigenvalue weighted by atomic mass is 9.73. The van der Waals surface area contributed by atoms with E-state index in [-0.39, 0.29) is 29.8 Å². The van der Waals surface area contributed by atoms with Gasteiger partial charge in [0.25, 0.3) is 0 Å². The Kier molecular flexibility index (Phi) is 4.97. The van der Waals surface area contributed by atoms with Crippen LogP contribution in [0.2, 0.25) is 0 Å². The Bertz CT molecular complexity index is 503. The number of rotatable bonds is 6. The van der Waals surface area contributed by atoms with E-state index in [4.69, 9.17) is 14.2 Å². The van der Waals surface area contributed by atoms with Gasteiger partial charge in [-0.05, 0) is 52.5 Å². The van der Waals surface area contributed by atoms with Crippen molar-refractivity contribution in [3.8, 4) is 0 Å². The van der Waals surface area contributed by atoms with Gasteiger partial charge in [0.05, 0.1) is 18.3 Å². The van der Waals surface area contributed by atoms with Gasteiger partial charge < -0.3 is 19.3 Å². The standard InChI is InChI=1S/C17H26O5/c1-10(2)21-14-15(18)17(19,16(14)22-11(3)4)12-7-6-8-13(9-12)20-5/h9-11,13,19H,6-8H2,1-5H3/t13-,17-/m0/s1. The molecule has 124 valence electrons. The molecule has 22 heavy (non-hydrogen) atoms. The zero-order valence-corrected chi connectivity index (χ0v) is 14.0. The summed E-state index contributed by atoms with van der Waals surface area (Å²) in [7, 11) is 1.63. The van der Waals surface area contributed by atoms with Crippen molar-refractivity contribution in [2.45, 2.75) is 70.9 Å². The highest BCUT2D eigenvalue weighted by molar-refractivity contribution is 6.12. The number of hydrogen-bond acceptors (Lipinski definition) is 5. The van der Waals surface area contributed by atoms with Gasteiger partial charge in [0.15, 0.2) is 5.76 Å². The van der Waals surface area contributed by atoms with Crippen LogP contribution in [0.3, 0.4) is 0 Å². The summed E-state index contributed by atoms with van der Waals surface area (Å²) >= 11 is 0. The fourth-order valence-electron chi connectivity index (χ4n) is 2.85. The molecule has 0 unspecified atom stereocenters. The largest absolute Gasteiger partial charge is 0.487 e. The van der Waals surface area contributed by atoms with Gasteiger partial charge in [0.1, 0.15) is 0 Å². The maximum absolute atomic E-state index is 12.5.